The van der Waals surface area contributed by atoms with Crippen molar-refractivity contribution in [2.75, 3.05) is 12.9 Å². The van der Waals surface area contributed by atoms with Crippen LogP contribution in [0.5, 0.6) is 0 Å². The molecule has 0 aliphatic rings. The number of carbonyl (C=O) groups is 1. The van der Waals surface area contributed by atoms with E-state index in [2.05, 4.69) is 15.8 Å². The van der Waals surface area contributed by atoms with Crippen molar-refractivity contribution >= 4 is 40.2 Å². The minimum absolute atomic E-state index is 0.185. The first kappa shape index (κ1) is 14.2. The number of methoxy groups -OCH3 is 1. The van der Waals surface area contributed by atoms with Gasteiger partial charge >= 0.3 is 5.97 Å². The van der Waals surface area contributed by atoms with Crippen LogP contribution in [0.1, 0.15) is 12.0 Å². The van der Waals surface area contributed by atoms with E-state index >= 15 is 0 Å². The number of benzene rings is 1. The fourth-order valence-corrected chi connectivity index (χ4v) is 2.86. The Balaban J connectivity index is 2.00. The lowest BCUT2D eigenvalue weighted by molar-refractivity contribution is -0.140. The second-order valence-corrected chi connectivity index (χ2v) is 5.47. The smallest absolute Gasteiger partial charge is 0.306 e. The maximum atomic E-state index is 11.0. The molecule has 19 heavy (non-hydrogen) atoms. The molecule has 0 saturated carbocycles. The molecule has 3 nitrogen and oxygen atoms in total. The molecule has 0 unspecified atom stereocenters. The van der Waals surface area contributed by atoms with Gasteiger partial charge in [-0.2, -0.15) is 11.8 Å². The standard InChI is InChI=1S/C14H14ClNO2S/c1-18-13(17)6-7-19-9-11-8-10-4-2-3-5-12(10)16-14(11)15/h2-5,8H,6-7,9H2,1H3. The van der Waals surface area contributed by atoms with Gasteiger partial charge in [0.2, 0.25) is 0 Å². The lowest BCUT2D eigenvalue weighted by atomic mass is 10.2. The fraction of sp³-hybridized carbons (Fsp3) is 0.286. The topological polar surface area (TPSA) is 39.2 Å². The molecule has 1 aromatic heterocycles. The Labute approximate surface area is 121 Å². The fourth-order valence-electron chi connectivity index (χ4n) is 1.68. The number of aromatic nitrogens is 1. The van der Waals surface area contributed by atoms with E-state index in [1.54, 1.807) is 11.8 Å². The van der Waals surface area contributed by atoms with Gasteiger partial charge in [0.15, 0.2) is 0 Å². The van der Waals surface area contributed by atoms with Gasteiger partial charge < -0.3 is 4.74 Å². The first-order valence-electron chi connectivity index (χ1n) is 5.89. The average molecular weight is 296 g/mol. The maximum Gasteiger partial charge on any atom is 0.306 e. The first-order valence-corrected chi connectivity index (χ1v) is 7.42. The zero-order valence-corrected chi connectivity index (χ0v) is 12.1. The number of nitrogens with zero attached hydrogens (tertiary/aromatic N) is 1. The molecule has 0 aliphatic carbocycles. The highest BCUT2D eigenvalue weighted by Crippen LogP contribution is 2.24. The molecule has 0 saturated heterocycles. The van der Waals surface area contributed by atoms with Gasteiger partial charge in [-0.3, -0.25) is 4.79 Å². The van der Waals surface area contributed by atoms with Gasteiger partial charge in [-0.05, 0) is 12.1 Å². The van der Waals surface area contributed by atoms with E-state index in [-0.39, 0.29) is 5.97 Å². The highest BCUT2D eigenvalue weighted by molar-refractivity contribution is 7.98. The number of fused-ring (bicyclic) bond motifs is 1. The van der Waals surface area contributed by atoms with E-state index in [0.717, 1.165) is 28.0 Å². The average Bonchev–Trinajstić information content (AvgIpc) is 2.43. The first-order chi connectivity index (χ1) is 9.20. The van der Waals surface area contributed by atoms with Crippen LogP contribution in [-0.2, 0) is 15.3 Å². The largest absolute Gasteiger partial charge is 0.469 e. The molecule has 0 amide bonds. The van der Waals surface area contributed by atoms with Crippen molar-refractivity contribution < 1.29 is 9.53 Å². The van der Waals surface area contributed by atoms with Crippen molar-refractivity contribution in [2.45, 2.75) is 12.2 Å². The highest BCUT2D eigenvalue weighted by Gasteiger charge is 2.06. The number of esters is 1. The number of hydrogen-bond donors (Lipinski definition) is 0. The van der Waals surface area contributed by atoms with Crippen molar-refractivity contribution in [1.82, 2.24) is 4.98 Å². The second-order valence-electron chi connectivity index (χ2n) is 4.01. The van der Waals surface area contributed by atoms with Crippen LogP contribution in [0.4, 0.5) is 0 Å². The SMILES string of the molecule is COC(=O)CCSCc1cc2ccccc2nc1Cl. The zero-order valence-electron chi connectivity index (χ0n) is 10.6. The lowest BCUT2D eigenvalue weighted by Gasteiger charge is -2.06. The Kier molecular flexibility index (Phi) is 5.05. The summed E-state index contributed by atoms with van der Waals surface area (Å²) in [5.74, 6) is 1.28. The lowest BCUT2D eigenvalue weighted by Crippen LogP contribution is -2.01. The molecular weight excluding hydrogens is 282 g/mol. The molecule has 1 aromatic carbocycles. The van der Waals surface area contributed by atoms with E-state index in [1.165, 1.54) is 7.11 Å². The van der Waals surface area contributed by atoms with E-state index in [9.17, 15) is 4.79 Å². The third kappa shape index (κ3) is 3.85. The summed E-state index contributed by atoms with van der Waals surface area (Å²) >= 11 is 7.80. The Morgan fingerprint density at radius 2 is 2.21 bits per heavy atom. The van der Waals surface area contributed by atoms with Crippen molar-refractivity contribution in [3.8, 4) is 0 Å². The van der Waals surface area contributed by atoms with Gasteiger partial charge in [0.25, 0.3) is 0 Å². The number of carbonyl (C=O) groups excluding carboxylic acids is 1. The molecule has 0 fully saturated rings. The van der Waals surface area contributed by atoms with Gasteiger partial charge in [-0.1, -0.05) is 29.8 Å². The van der Waals surface area contributed by atoms with E-state index in [0.29, 0.717) is 11.6 Å². The molecule has 100 valence electrons. The van der Waals surface area contributed by atoms with Gasteiger partial charge in [-0.25, -0.2) is 4.98 Å². The van der Waals surface area contributed by atoms with Crippen LogP contribution in [0.3, 0.4) is 0 Å². The van der Waals surface area contributed by atoms with Crippen LogP contribution < -0.4 is 0 Å². The molecule has 0 bridgehead atoms. The third-order valence-electron chi connectivity index (χ3n) is 2.69. The Hall–Kier alpha value is -1.26. The Morgan fingerprint density at radius 3 is 3.00 bits per heavy atom. The number of rotatable bonds is 5. The molecule has 0 spiro atoms. The summed E-state index contributed by atoms with van der Waals surface area (Å²) in [6, 6.07) is 9.93. The normalized spacial score (nSPS) is 10.6. The van der Waals surface area contributed by atoms with Gasteiger partial charge in [0.1, 0.15) is 5.15 Å². The zero-order chi connectivity index (χ0) is 13.7. The molecule has 0 radical (unpaired) electrons. The molecule has 0 N–H and O–H groups in total. The molecule has 0 aliphatic heterocycles. The van der Waals surface area contributed by atoms with Crippen LogP contribution in [0.25, 0.3) is 10.9 Å². The van der Waals surface area contributed by atoms with Crippen LogP contribution in [0.2, 0.25) is 5.15 Å². The van der Waals surface area contributed by atoms with Crippen molar-refractivity contribution in [3.05, 3.63) is 41.0 Å². The Bertz CT molecular complexity index is 589. The number of pyridine rings is 1. The molecule has 5 heteroatoms. The van der Waals surface area contributed by atoms with E-state index in [4.69, 9.17) is 11.6 Å². The monoisotopic (exact) mass is 295 g/mol. The van der Waals surface area contributed by atoms with E-state index < -0.39 is 0 Å². The summed E-state index contributed by atoms with van der Waals surface area (Å²) < 4.78 is 4.59. The quantitative estimate of drug-likeness (QED) is 0.479. The number of hydrogen-bond acceptors (Lipinski definition) is 4. The molecular formula is C14H14ClNO2S. The summed E-state index contributed by atoms with van der Waals surface area (Å²) in [4.78, 5) is 15.4. The second kappa shape index (κ2) is 6.78. The molecule has 1 heterocycles. The predicted octanol–water partition coefficient (Wildman–Crippen LogP) is 3.68. The summed E-state index contributed by atoms with van der Waals surface area (Å²) in [6.45, 7) is 0. The predicted molar refractivity (Wildman–Crippen MR) is 79.5 cm³/mol. The van der Waals surface area contributed by atoms with Gasteiger partial charge in [0.05, 0.1) is 19.0 Å². The van der Waals surface area contributed by atoms with E-state index in [1.807, 2.05) is 24.3 Å². The number of ether oxygens (including phenoxy) is 1. The molecule has 2 rings (SSSR count). The highest BCUT2D eigenvalue weighted by atomic mass is 35.5. The van der Waals surface area contributed by atoms with Crippen molar-refractivity contribution in [3.63, 3.8) is 0 Å². The summed E-state index contributed by atoms with van der Waals surface area (Å²) in [6.07, 6.45) is 0.416. The molecule has 0 atom stereocenters. The van der Waals surface area contributed by atoms with Gasteiger partial charge in [0, 0.05) is 22.5 Å². The Morgan fingerprint density at radius 1 is 1.42 bits per heavy atom. The summed E-state index contributed by atoms with van der Waals surface area (Å²) in [5, 5.41) is 1.61. The van der Waals surface area contributed by atoms with Crippen LogP contribution in [0.15, 0.2) is 30.3 Å². The van der Waals surface area contributed by atoms with Crippen molar-refractivity contribution in [2.24, 2.45) is 0 Å². The summed E-state index contributed by atoms with van der Waals surface area (Å²) in [5.41, 5.74) is 1.89. The molecule has 2 aromatic rings. The van der Waals surface area contributed by atoms with Crippen LogP contribution in [0, 0.1) is 0 Å². The summed E-state index contributed by atoms with van der Waals surface area (Å²) in [7, 11) is 1.40. The maximum absolute atomic E-state index is 11.0. The third-order valence-corrected chi connectivity index (χ3v) is 4.02. The minimum atomic E-state index is -0.185. The number of halogens is 1. The van der Waals surface area contributed by atoms with Crippen LogP contribution in [-0.4, -0.2) is 23.8 Å². The number of thioether (sulfide) groups is 1. The minimum Gasteiger partial charge on any atom is -0.469 e. The van der Waals surface area contributed by atoms with Crippen LogP contribution >= 0.6 is 23.4 Å². The van der Waals surface area contributed by atoms with Gasteiger partial charge in [-0.15, -0.1) is 0 Å². The van der Waals surface area contributed by atoms with Crippen molar-refractivity contribution in [1.29, 1.82) is 0 Å². The number of para-hydroxylation sites is 1.